The molecule has 1 aliphatic rings. The Kier molecular flexibility index (Phi) is 8.28. The Morgan fingerprint density at radius 2 is 1.77 bits per heavy atom. The number of carbonyl (C=O) groups excluding carboxylic acids is 2. The van der Waals surface area contributed by atoms with E-state index in [4.69, 9.17) is 9.84 Å². The third-order valence-electron chi connectivity index (χ3n) is 6.60. The number of pyridine rings is 1. The van der Waals surface area contributed by atoms with Gasteiger partial charge >= 0.3 is 12.4 Å². The first kappa shape index (κ1) is 29.2. The van der Waals surface area contributed by atoms with Crippen molar-refractivity contribution in [2.45, 2.75) is 44.6 Å². The predicted octanol–water partition coefficient (Wildman–Crippen LogP) is 4.47. The van der Waals surface area contributed by atoms with Crippen LogP contribution in [0.15, 0.2) is 30.3 Å². The lowest BCUT2D eigenvalue weighted by Crippen LogP contribution is -2.47. The van der Waals surface area contributed by atoms with Gasteiger partial charge in [-0.15, -0.1) is 0 Å². The lowest BCUT2D eigenvalue weighted by molar-refractivity contribution is -0.153. The van der Waals surface area contributed by atoms with E-state index in [1.165, 1.54) is 23.1 Å². The van der Waals surface area contributed by atoms with Crippen molar-refractivity contribution in [3.8, 4) is 16.9 Å². The number of alkyl halides is 6. The van der Waals surface area contributed by atoms with Crippen molar-refractivity contribution in [1.82, 2.24) is 20.2 Å². The molecule has 1 aromatic carbocycles. The van der Waals surface area contributed by atoms with Crippen LogP contribution in [0, 0.1) is 0 Å². The van der Waals surface area contributed by atoms with Crippen LogP contribution in [-0.2, 0) is 17.4 Å². The van der Waals surface area contributed by atoms with Crippen molar-refractivity contribution < 1.29 is 45.8 Å². The number of aromatic amines is 1. The second-order valence-corrected chi connectivity index (χ2v) is 9.33. The van der Waals surface area contributed by atoms with E-state index >= 15 is 0 Å². The fourth-order valence-electron chi connectivity index (χ4n) is 4.58. The van der Waals surface area contributed by atoms with Crippen LogP contribution < -0.4 is 10.1 Å². The van der Waals surface area contributed by atoms with Crippen LogP contribution in [0.25, 0.3) is 22.2 Å². The minimum atomic E-state index is -4.71. The molecule has 1 fully saturated rings. The van der Waals surface area contributed by atoms with Gasteiger partial charge in [-0.05, 0) is 43.0 Å². The highest BCUT2D eigenvalue weighted by Gasteiger charge is 2.33. The average Bonchev–Trinajstić information content (AvgIpc) is 3.28. The first-order valence-corrected chi connectivity index (χ1v) is 12.4. The van der Waals surface area contributed by atoms with E-state index in [2.05, 4.69) is 15.3 Å². The zero-order valence-electron chi connectivity index (χ0n) is 21.2. The molecule has 1 saturated heterocycles. The Hall–Kier alpha value is -3.81. The van der Waals surface area contributed by atoms with Crippen LogP contribution in [-0.4, -0.2) is 70.3 Å². The number of piperidine rings is 1. The molecule has 3 heterocycles. The summed E-state index contributed by atoms with van der Waals surface area (Å²) in [6.07, 6.45) is -8.17. The van der Waals surface area contributed by atoms with E-state index in [1.807, 2.05) is 0 Å². The van der Waals surface area contributed by atoms with Crippen LogP contribution in [0.2, 0.25) is 0 Å². The van der Waals surface area contributed by atoms with E-state index in [9.17, 15) is 35.9 Å². The second kappa shape index (κ2) is 11.4. The first-order valence-electron chi connectivity index (χ1n) is 12.4. The summed E-state index contributed by atoms with van der Waals surface area (Å²) in [6, 6.07) is 5.34. The summed E-state index contributed by atoms with van der Waals surface area (Å²) in [5.74, 6) is -1.57. The van der Waals surface area contributed by atoms with Crippen LogP contribution in [0.1, 0.15) is 41.5 Å². The molecule has 216 valence electrons. The topological polar surface area (TPSA) is 108 Å². The SMILES string of the molecule is CCc1nc2[nH]c(C(=O)NC3CCN(C(=O)CO)CC3)c(OCC(F)(F)F)c2cc1-c1ccc(C(F)(F)F)cc1. The van der Waals surface area contributed by atoms with Gasteiger partial charge in [0, 0.05) is 24.7 Å². The second-order valence-electron chi connectivity index (χ2n) is 9.33. The number of carbonyl (C=O) groups is 2. The number of benzene rings is 1. The van der Waals surface area contributed by atoms with Gasteiger partial charge in [0.05, 0.1) is 16.6 Å². The molecule has 4 rings (SSSR count). The molecule has 3 aromatic rings. The molecule has 2 amide bonds. The Morgan fingerprint density at radius 3 is 2.33 bits per heavy atom. The Bertz CT molecular complexity index is 1380. The molecule has 2 aromatic heterocycles. The first-order chi connectivity index (χ1) is 18.8. The number of amides is 2. The molecule has 0 atom stereocenters. The van der Waals surface area contributed by atoms with Gasteiger partial charge in [-0.1, -0.05) is 19.1 Å². The number of rotatable bonds is 7. The highest BCUT2D eigenvalue weighted by Crippen LogP contribution is 2.37. The molecular weight excluding hydrogens is 546 g/mol. The molecule has 0 unspecified atom stereocenters. The van der Waals surface area contributed by atoms with Crippen molar-refractivity contribution in [2.24, 2.45) is 0 Å². The molecule has 0 spiro atoms. The Labute approximate surface area is 224 Å². The lowest BCUT2D eigenvalue weighted by Gasteiger charge is -2.32. The number of aromatic nitrogens is 2. The van der Waals surface area contributed by atoms with Gasteiger partial charge in [0.25, 0.3) is 5.91 Å². The van der Waals surface area contributed by atoms with Gasteiger partial charge in [-0.2, -0.15) is 26.3 Å². The number of aliphatic hydroxyl groups excluding tert-OH is 1. The van der Waals surface area contributed by atoms with Gasteiger partial charge < -0.3 is 25.0 Å². The van der Waals surface area contributed by atoms with Crippen LogP contribution in [0.5, 0.6) is 5.75 Å². The maximum absolute atomic E-state index is 13.2. The van der Waals surface area contributed by atoms with E-state index in [1.54, 1.807) is 6.92 Å². The molecule has 14 heteroatoms. The van der Waals surface area contributed by atoms with E-state index in [0.717, 1.165) is 12.1 Å². The smallest absolute Gasteiger partial charge is 0.422 e. The summed E-state index contributed by atoms with van der Waals surface area (Å²) < 4.78 is 83.4. The maximum Gasteiger partial charge on any atom is 0.422 e. The Morgan fingerprint density at radius 1 is 1.12 bits per heavy atom. The summed E-state index contributed by atoms with van der Waals surface area (Å²) in [4.78, 5) is 33.5. The number of ether oxygens (including phenoxy) is 1. The monoisotopic (exact) mass is 572 g/mol. The zero-order valence-corrected chi connectivity index (χ0v) is 21.2. The summed E-state index contributed by atoms with van der Waals surface area (Å²) in [5, 5.41) is 11.8. The molecule has 40 heavy (non-hydrogen) atoms. The van der Waals surface area contributed by atoms with Crippen molar-refractivity contribution in [3.05, 3.63) is 47.3 Å². The number of fused-ring (bicyclic) bond motifs is 1. The summed E-state index contributed by atoms with van der Waals surface area (Å²) in [6.45, 7) is 0.00621. The molecule has 0 radical (unpaired) electrons. The quantitative estimate of drug-likeness (QED) is 0.363. The standard InChI is InChI=1S/C26H26F6N4O4/c1-2-19-17(14-3-5-15(6-4-14)26(30,31)32)11-18-22(40-13-25(27,28)29)21(35-23(18)34-19)24(39)33-16-7-9-36(10-8-16)20(38)12-37/h3-6,11,16,37H,2,7-10,12-13H2,1H3,(H,33,39)(H,34,35). The number of aliphatic hydroxyl groups is 1. The molecular formula is C26H26F6N4O4. The zero-order chi connectivity index (χ0) is 29.2. The normalized spacial score (nSPS) is 14.9. The van der Waals surface area contributed by atoms with Crippen molar-refractivity contribution in [1.29, 1.82) is 0 Å². The van der Waals surface area contributed by atoms with Crippen LogP contribution in [0.4, 0.5) is 26.3 Å². The van der Waals surface area contributed by atoms with E-state index < -0.39 is 42.9 Å². The highest BCUT2D eigenvalue weighted by molar-refractivity contribution is 6.03. The molecule has 0 saturated carbocycles. The maximum atomic E-state index is 13.2. The minimum Gasteiger partial charge on any atom is -0.481 e. The number of likely N-dealkylation sites (tertiary alicyclic amines) is 1. The van der Waals surface area contributed by atoms with E-state index in [-0.39, 0.29) is 41.6 Å². The van der Waals surface area contributed by atoms with Crippen molar-refractivity contribution in [3.63, 3.8) is 0 Å². The molecule has 8 nitrogen and oxygen atoms in total. The van der Waals surface area contributed by atoms with Gasteiger partial charge in [0.1, 0.15) is 17.9 Å². The highest BCUT2D eigenvalue weighted by atomic mass is 19.4. The predicted molar refractivity (Wildman–Crippen MR) is 132 cm³/mol. The summed E-state index contributed by atoms with van der Waals surface area (Å²) in [5.41, 5.74) is 0.128. The van der Waals surface area contributed by atoms with E-state index in [0.29, 0.717) is 36.1 Å². The van der Waals surface area contributed by atoms with Gasteiger partial charge in [0.2, 0.25) is 5.91 Å². The average molecular weight is 573 g/mol. The number of hydrogen-bond donors (Lipinski definition) is 3. The van der Waals surface area contributed by atoms with Gasteiger partial charge in [-0.25, -0.2) is 4.98 Å². The number of halogens is 6. The number of H-pyrrole nitrogens is 1. The minimum absolute atomic E-state index is 0.0601. The third-order valence-corrected chi connectivity index (χ3v) is 6.60. The number of nitrogens with one attached hydrogen (secondary N) is 2. The molecule has 3 N–H and O–H groups in total. The Balaban J connectivity index is 1.69. The van der Waals surface area contributed by atoms with Gasteiger partial charge in [0.15, 0.2) is 12.4 Å². The summed E-state index contributed by atoms with van der Waals surface area (Å²) in [7, 11) is 0. The number of nitrogens with zero attached hydrogens (tertiary/aromatic N) is 2. The molecule has 1 aliphatic heterocycles. The molecule has 0 aliphatic carbocycles. The molecule has 0 bridgehead atoms. The van der Waals surface area contributed by atoms with Crippen LogP contribution >= 0.6 is 0 Å². The fraction of sp³-hybridized carbons (Fsp3) is 0.423. The van der Waals surface area contributed by atoms with Crippen molar-refractivity contribution in [2.75, 3.05) is 26.3 Å². The fourth-order valence-corrected chi connectivity index (χ4v) is 4.58. The third kappa shape index (κ3) is 6.49. The van der Waals surface area contributed by atoms with Crippen molar-refractivity contribution >= 4 is 22.8 Å². The van der Waals surface area contributed by atoms with Gasteiger partial charge in [-0.3, -0.25) is 9.59 Å². The van der Waals surface area contributed by atoms with Crippen LogP contribution in [0.3, 0.4) is 0 Å². The largest absolute Gasteiger partial charge is 0.481 e. The number of hydrogen-bond acceptors (Lipinski definition) is 5. The lowest BCUT2D eigenvalue weighted by atomic mass is 10.00. The number of aryl methyl sites for hydroxylation is 1. The summed E-state index contributed by atoms with van der Waals surface area (Å²) >= 11 is 0.